The number of halogens is 2. The molecule has 1 aromatic heterocycles. The summed E-state index contributed by atoms with van der Waals surface area (Å²) in [6.07, 6.45) is 1.88. The summed E-state index contributed by atoms with van der Waals surface area (Å²) in [4.78, 5) is 27.9. The minimum absolute atomic E-state index is 0.148. The molecule has 0 aliphatic carbocycles. The number of rotatable bonds is 10. The van der Waals surface area contributed by atoms with Crippen molar-refractivity contribution in [1.82, 2.24) is 10.2 Å². The number of ether oxygens (including phenoxy) is 1. The van der Waals surface area contributed by atoms with Crippen LogP contribution >= 0.6 is 23.1 Å². The van der Waals surface area contributed by atoms with Crippen LogP contribution in [0.5, 0.6) is 5.75 Å². The number of Topliss-reactive ketones (excluding diaryl/α,β-unsaturated/α-hetero) is 1. The summed E-state index contributed by atoms with van der Waals surface area (Å²) < 4.78 is 33.9. The first-order valence-electron chi connectivity index (χ1n) is 12.9. The van der Waals surface area contributed by atoms with Gasteiger partial charge in [0.05, 0.1) is 18.2 Å². The summed E-state index contributed by atoms with van der Waals surface area (Å²) in [5.41, 5.74) is 1.06. The molecule has 7 nitrogen and oxygen atoms in total. The van der Waals surface area contributed by atoms with Crippen molar-refractivity contribution < 1.29 is 28.2 Å². The van der Waals surface area contributed by atoms with E-state index >= 15 is 0 Å². The van der Waals surface area contributed by atoms with Gasteiger partial charge in [0.25, 0.3) is 5.78 Å². The van der Waals surface area contributed by atoms with Gasteiger partial charge in [0, 0.05) is 11.3 Å². The number of carbonyl (C=O) groups excluding carboxylic acids is 2. The molecule has 4 aromatic rings. The number of nitrogens with zero attached hydrogens (tertiary/aromatic N) is 3. The minimum atomic E-state index is -1.03. The lowest BCUT2D eigenvalue weighted by molar-refractivity contribution is -0.132. The van der Waals surface area contributed by atoms with Gasteiger partial charge in [-0.3, -0.25) is 14.5 Å². The molecule has 11 heteroatoms. The van der Waals surface area contributed by atoms with Gasteiger partial charge in [-0.1, -0.05) is 66.8 Å². The van der Waals surface area contributed by atoms with Gasteiger partial charge in [-0.15, -0.1) is 10.2 Å². The van der Waals surface area contributed by atoms with E-state index in [2.05, 4.69) is 17.1 Å². The maximum Gasteiger partial charge on any atom is 0.301 e. The van der Waals surface area contributed by atoms with E-state index in [0.717, 1.165) is 36.3 Å². The number of hydrogen-bond acceptors (Lipinski definition) is 8. The molecule has 1 fully saturated rings. The Morgan fingerprint density at radius 1 is 1.02 bits per heavy atom. The fourth-order valence-electron chi connectivity index (χ4n) is 4.30. The van der Waals surface area contributed by atoms with Gasteiger partial charge < -0.3 is 9.84 Å². The molecule has 1 amide bonds. The van der Waals surface area contributed by atoms with E-state index in [1.165, 1.54) is 34.9 Å². The molecule has 5 rings (SSSR count). The third kappa shape index (κ3) is 6.15. The Kier molecular flexibility index (Phi) is 8.75. The third-order valence-electron chi connectivity index (χ3n) is 6.44. The van der Waals surface area contributed by atoms with E-state index in [-0.39, 0.29) is 22.1 Å². The molecule has 3 aromatic carbocycles. The van der Waals surface area contributed by atoms with E-state index in [1.807, 2.05) is 0 Å². The van der Waals surface area contributed by atoms with Crippen molar-refractivity contribution in [3.8, 4) is 5.75 Å². The van der Waals surface area contributed by atoms with Crippen LogP contribution < -0.4 is 9.64 Å². The molecule has 0 radical (unpaired) electrons. The Morgan fingerprint density at radius 2 is 1.76 bits per heavy atom. The molecule has 2 heterocycles. The molecule has 1 aliphatic heterocycles. The maximum atomic E-state index is 14.1. The van der Waals surface area contributed by atoms with Crippen LogP contribution in [-0.4, -0.2) is 33.6 Å². The van der Waals surface area contributed by atoms with Crippen LogP contribution in [0.4, 0.5) is 13.9 Å². The average Bonchev–Trinajstić information content (AvgIpc) is 3.55. The zero-order chi connectivity index (χ0) is 28.9. The predicted octanol–water partition coefficient (Wildman–Crippen LogP) is 6.91. The summed E-state index contributed by atoms with van der Waals surface area (Å²) in [5.74, 6) is -2.14. The summed E-state index contributed by atoms with van der Waals surface area (Å²) in [5, 5.41) is 19.7. The predicted molar refractivity (Wildman–Crippen MR) is 154 cm³/mol. The van der Waals surface area contributed by atoms with Crippen LogP contribution in [0, 0.1) is 11.6 Å². The first kappa shape index (κ1) is 28.4. The van der Waals surface area contributed by atoms with E-state index in [0.29, 0.717) is 33.6 Å². The smallest absolute Gasteiger partial charge is 0.301 e. The van der Waals surface area contributed by atoms with E-state index < -0.39 is 29.3 Å². The number of hydrogen-bond donors (Lipinski definition) is 1. The number of amides is 1. The van der Waals surface area contributed by atoms with Crippen LogP contribution in [-0.2, 0) is 15.3 Å². The van der Waals surface area contributed by atoms with Gasteiger partial charge in [0.2, 0.25) is 5.13 Å². The normalized spacial score (nSPS) is 16.4. The molecule has 1 saturated heterocycles. The van der Waals surface area contributed by atoms with Crippen molar-refractivity contribution in [2.45, 2.75) is 35.9 Å². The van der Waals surface area contributed by atoms with E-state index in [4.69, 9.17) is 4.74 Å². The second-order valence-electron chi connectivity index (χ2n) is 9.18. The second-order valence-corrected chi connectivity index (χ2v) is 11.4. The lowest BCUT2D eigenvalue weighted by Gasteiger charge is -2.22. The summed E-state index contributed by atoms with van der Waals surface area (Å²) in [6.45, 7) is 2.62. The van der Waals surface area contributed by atoms with Crippen LogP contribution in [0.1, 0.15) is 42.5 Å². The van der Waals surface area contributed by atoms with Crippen molar-refractivity contribution in [3.63, 3.8) is 0 Å². The lowest BCUT2D eigenvalue weighted by atomic mass is 9.95. The molecule has 210 valence electrons. The van der Waals surface area contributed by atoms with Crippen molar-refractivity contribution in [1.29, 1.82) is 0 Å². The van der Waals surface area contributed by atoms with Crippen molar-refractivity contribution >= 4 is 45.7 Å². The van der Waals surface area contributed by atoms with Gasteiger partial charge in [-0.2, -0.15) is 0 Å². The molecule has 0 spiro atoms. The largest absolute Gasteiger partial charge is 0.507 e. The number of aliphatic hydroxyl groups excluding tert-OH is 1. The lowest BCUT2D eigenvalue weighted by Crippen LogP contribution is -2.29. The van der Waals surface area contributed by atoms with Gasteiger partial charge in [0.15, 0.2) is 4.34 Å². The fourth-order valence-corrected chi connectivity index (χ4v) is 6.16. The highest BCUT2D eigenvalue weighted by atomic mass is 32.2. The topological polar surface area (TPSA) is 92.6 Å². The highest BCUT2D eigenvalue weighted by Gasteiger charge is 2.48. The number of benzene rings is 3. The highest BCUT2D eigenvalue weighted by molar-refractivity contribution is 8.00. The Balaban J connectivity index is 1.51. The van der Waals surface area contributed by atoms with Gasteiger partial charge in [0.1, 0.15) is 23.1 Å². The first-order valence-corrected chi connectivity index (χ1v) is 14.7. The monoisotopic (exact) mass is 593 g/mol. The number of aromatic nitrogens is 2. The van der Waals surface area contributed by atoms with Crippen LogP contribution in [0.2, 0.25) is 0 Å². The Morgan fingerprint density at radius 3 is 2.46 bits per heavy atom. The number of thioether (sulfide) groups is 1. The van der Waals surface area contributed by atoms with Gasteiger partial charge in [-0.25, -0.2) is 8.78 Å². The Hall–Kier alpha value is -4.09. The zero-order valence-electron chi connectivity index (χ0n) is 21.9. The van der Waals surface area contributed by atoms with Crippen LogP contribution in [0.3, 0.4) is 0 Å². The molecular formula is C30H25F2N3O4S2. The fraction of sp³-hybridized carbons (Fsp3) is 0.200. The molecule has 1 N–H and O–H groups in total. The second kappa shape index (κ2) is 12.6. The number of ketones is 1. The van der Waals surface area contributed by atoms with E-state index in [9.17, 15) is 23.5 Å². The third-order valence-corrected chi connectivity index (χ3v) is 8.54. The number of aliphatic hydroxyl groups is 1. The highest BCUT2D eigenvalue weighted by Crippen LogP contribution is 2.44. The molecule has 41 heavy (non-hydrogen) atoms. The van der Waals surface area contributed by atoms with Crippen molar-refractivity contribution in [2.75, 3.05) is 11.5 Å². The minimum Gasteiger partial charge on any atom is -0.507 e. The molecule has 1 atom stereocenters. The van der Waals surface area contributed by atoms with E-state index in [1.54, 1.807) is 42.5 Å². The molecule has 1 unspecified atom stereocenters. The zero-order valence-corrected chi connectivity index (χ0v) is 23.6. The Labute approximate surface area is 243 Å². The maximum absolute atomic E-state index is 14.1. The summed E-state index contributed by atoms with van der Waals surface area (Å²) >= 11 is 2.33. The Bertz CT molecular complexity index is 1590. The van der Waals surface area contributed by atoms with Crippen LogP contribution in [0.15, 0.2) is 82.7 Å². The molecule has 0 bridgehead atoms. The molecule has 0 saturated carbocycles. The number of anilines is 1. The summed E-state index contributed by atoms with van der Waals surface area (Å²) in [7, 11) is 0. The quantitative estimate of drug-likeness (QED) is 0.0533. The van der Waals surface area contributed by atoms with Crippen molar-refractivity contribution in [2.24, 2.45) is 0 Å². The summed E-state index contributed by atoms with van der Waals surface area (Å²) in [6, 6.07) is 17.3. The first-order chi connectivity index (χ1) is 19.9. The average molecular weight is 594 g/mol. The van der Waals surface area contributed by atoms with Crippen molar-refractivity contribution in [3.05, 3.63) is 107 Å². The SMILES string of the molecule is CCCCOc1ccc(C2/C(=C(/O)c3ccc(F)cc3)C(=O)C(=O)N2c2nnc(SCc3ccccc3F)s2)cc1. The van der Waals surface area contributed by atoms with Crippen LogP contribution in [0.25, 0.3) is 5.76 Å². The standard InChI is InChI=1S/C30H25F2N3O4S2/c1-2-3-16-39-22-14-10-18(11-15-22)25-24(26(36)19-8-12-21(31)13-9-19)27(37)28(38)35(25)29-33-34-30(41-29)40-17-20-6-4-5-7-23(20)32/h4-15,25,36H,2-3,16-17H2,1H3/b26-24-. The number of carbonyl (C=O) groups is 2. The molecular weight excluding hydrogens is 568 g/mol. The number of unbranched alkanes of at least 4 members (excludes halogenated alkanes) is 1. The molecule has 1 aliphatic rings. The van der Waals surface area contributed by atoms with Gasteiger partial charge >= 0.3 is 5.91 Å². The van der Waals surface area contributed by atoms with Gasteiger partial charge in [-0.05, 0) is 60.0 Å².